The van der Waals surface area contributed by atoms with Crippen molar-refractivity contribution in [1.29, 1.82) is 0 Å². The molecule has 2 saturated heterocycles. The van der Waals surface area contributed by atoms with E-state index in [9.17, 15) is 0 Å². The Morgan fingerprint density at radius 2 is 1.30 bits per heavy atom. The Balaban J connectivity index is 1.75. The molecule has 6 nitrogen and oxygen atoms in total. The van der Waals surface area contributed by atoms with Crippen molar-refractivity contribution in [3.8, 4) is 0 Å². The maximum atomic E-state index is 6.03. The van der Waals surface area contributed by atoms with E-state index in [2.05, 4.69) is 6.92 Å². The number of methoxy groups -OCH3 is 2. The standard InChI is InChI=1S/C24H46O6/c1-4-5-6-7-8-9-12-21(13-10-15-27-17-22-19-29-22)24(25-2,26-3)14-11-16-28-18-23-20-30-23/h21-23H,4-20H2,1-3H3/t21?,22-,23-/m0/s1. The van der Waals surface area contributed by atoms with E-state index in [-0.39, 0.29) is 0 Å². The molecule has 0 N–H and O–H groups in total. The average molecular weight is 431 g/mol. The van der Waals surface area contributed by atoms with Crippen LogP contribution in [0.3, 0.4) is 0 Å². The molecule has 0 aromatic rings. The molecule has 0 aromatic carbocycles. The first kappa shape index (κ1) is 26.0. The summed E-state index contributed by atoms with van der Waals surface area (Å²) in [5.41, 5.74) is 0. The Bertz CT molecular complexity index is 407. The molecule has 30 heavy (non-hydrogen) atoms. The van der Waals surface area contributed by atoms with Crippen LogP contribution < -0.4 is 0 Å². The SMILES string of the molecule is CCCCCCCCC(CCCOC[C@H]1CO1)C(CCCOC[C@H]1CO1)(OC)OC. The van der Waals surface area contributed by atoms with Gasteiger partial charge in [-0.1, -0.05) is 45.4 Å². The summed E-state index contributed by atoms with van der Waals surface area (Å²) < 4.78 is 34.0. The van der Waals surface area contributed by atoms with E-state index in [1.54, 1.807) is 14.2 Å². The quantitative estimate of drug-likeness (QED) is 0.141. The van der Waals surface area contributed by atoms with Crippen LogP contribution in [0, 0.1) is 5.92 Å². The summed E-state index contributed by atoms with van der Waals surface area (Å²) in [5, 5.41) is 0. The maximum absolute atomic E-state index is 6.03. The number of rotatable bonds is 22. The zero-order chi connectivity index (χ0) is 21.5. The minimum absolute atomic E-state index is 0.320. The largest absolute Gasteiger partial charge is 0.379 e. The van der Waals surface area contributed by atoms with Gasteiger partial charge in [-0.3, -0.25) is 0 Å². The van der Waals surface area contributed by atoms with E-state index in [4.69, 9.17) is 28.4 Å². The highest BCUT2D eigenvalue weighted by Crippen LogP contribution is 2.35. The second-order valence-corrected chi connectivity index (χ2v) is 8.78. The summed E-state index contributed by atoms with van der Waals surface area (Å²) in [6.45, 7) is 6.89. The van der Waals surface area contributed by atoms with Crippen molar-refractivity contribution in [3.05, 3.63) is 0 Å². The molecule has 0 bridgehead atoms. The van der Waals surface area contributed by atoms with Crippen LogP contribution in [0.15, 0.2) is 0 Å². The van der Waals surface area contributed by atoms with E-state index in [1.807, 2.05) is 0 Å². The Morgan fingerprint density at radius 3 is 1.87 bits per heavy atom. The molecule has 2 heterocycles. The highest BCUT2D eigenvalue weighted by atomic mass is 16.7. The molecule has 0 saturated carbocycles. The van der Waals surface area contributed by atoms with Gasteiger partial charge in [0, 0.05) is 39.8 Å². The first-order chi connectivity index (χ1) is 14.7. The van der Waals surface area contributed by atoms with Gasteiger partial charge >= 0.3 is 0 Å². The Hall–Kier alpha value is -0.240. The lowest BCUT2D eigenvalue weighted by Crippen LogP contribution is -2.42. The van der Waals surface area contributed by atoms with Crippen molar-refractivity contribution in [1.82, 2.24) is 0 Å². The number of ether oxygens (including phenoxy) is 6. The average Bonchev–Trinajstić information content (AvgIpc) is 3.67. The van der Waals surface area contributed by atoms with Gasteiger partial charge in [0.25, 0.3) is 0 Å². The van der Waals surface area contributed by atoms with Crippen molar-refractivity contribution < 1.29 is 28.4 Å². The molecule has 2 aliphatic rings. The minimum atomic E-state index is -0.539. The molecular weight excluding hydrogens is 384 g/mol. The second kappa shape index (κ2) is 15.5. The zero-order valence-corrected chi connectivity index (χ0v) is 19.7. The van der Waals surface area contributed by atoms with E-state index < -0.39 is 5.79 Å². The molecule has 2 rings (SSSR count). The molecule has 0 aliphatic carbocycles. The third-order valence-electron chi connectivity index (χ3n) is 6.29. The van der Waals surface area contributed by atoms with Gasteiger partial charge in [0.1, 0.15) is 12.2 Å². The summed E-state index contributed by atoms with van der Waals surface area (Å²) in [4.78, 5) is 0. The Labute approximate surface area is 184 Å². The number of epoxide rings is 2. The molecule has 2 fully saturated rings. The lowest BCUT2D eigenvalue weighted by Gasteiger charge is -2.39. The normalized spacial score (nSPS) is 21.7. The van der Waals surface area contributed by atoms with Crippen molar-refractivity contribution >= 4 is 0 Å². The fourth-order valence-electron chi connectivity index (χ4n) is 4.19. The van der Waals surface area contributed by atoms with Gasteiger partial charge in [-0.05, 0) is 25.7 Å². The Morgan fingerprint density at radius 1 is 0.767 bits per heavy atom. The summed E-state index contributed by atoms with van der Waals surface area (Å²) in [6.07, 6.45) is 13.5. The van der Waals surface area contributed by atoms with E-state index in [0.717, 1.165) is 65.1 Å². The molecule has 3 atom stereocenters. The maximum Gasteiger partial charge on any atom is 0.170 e. The van der Waals surface area contributed by atoms with Crippen molar-refractivity contribution in [3.63, 3.8) is 0 Å². The van der Waals surface area contributed by atoms with Crippen LogP contribution in [-0.4, -0.2) is 71.9 Å². The molecular formula is C24H46O6. The molecule has 6 heteroatoms. The van der Waals surface area contributed by atoms with Crippen LogP contribution in [0.1, 0.15) is 77.6 Å². The summed E-state index contributed by atoms with van der Waals surface area (Å²) in [6, 6.07) is 0. The minimum Gasteiger partial charge on any atom is -0.379 e. The highest BCUT2D eigenvalue weighted by Gasteiger charge is 2.38. The number of hydrogen-bond acceptors (Lipinski definition) is 6. The molecule has 1 unspecified atom stereocenters. The van der Waals surface area contributed by atoms with Crippen molar-refractivity contribution in [2.24, 2.45) is 5.92 Å². The fourth-order valence-corrected chi connectivity index (χ4v) is 4.19. The van der Waals surface area contributed by atoms with Crippen LogP contribution in [0.4, 0.5) is 0 Å². The molecule has 178 valence electrons. The van der Waals surface area contributed by atoms with Gasteiger partial charge in [-0.15, -0.1) is 0 Å². The van der Waals surface area contributed by atoms with E-state index in [0.29, 0.717) is 24.7 Å². The lowest BCUT2D eigenvalue weighted by molar-refractivity contribution is -0.248. The van der Waals surface area contributed by atoms with E-state index in [1.165, 1.54) is 38.5 Å². The third-order valence-corrected chi connectivity index (χ3v) is 6.29. The fraction of sp³-hybridized carbons (Fsp3) is 1.00. The first-order valence-electron chi connectivity index (χ1n) is 12.2. The summed E-state index contributed by atoms with van der Waals surface area (Å²) in [5.74, 6) is -0.172. The number of hydrogen-bond donors (Lipinski definition) is 0. The van der Waals surface area contributed by atoms with Gasteiger partial charge in [-0.2, -0.15) is 0 Å². The molecule has 0 spiro atoms. The third kappa shape index (κ3) is 10.9. The molecule has 0 amide bonds. The van der Waals surface area contributed by atoms with Gasteiger partial charge in [-0.25, -0.2) is 0 Å². The van der Waals surface area contributed by atoms with E-state index >= 15 is 0 Å². The predicted molar refractivity (Wildman–Crippen MR) is 118 cm³/mol. The Kier molecular flexibility index (Phi) is 13.5. The zero-order valence-electron chi connectivity index (χ0n) is 19.7. The monoisotopic (exact) mass is 430 g/mol. The van der Waals surface area contributed by atoms with Crippen LogP contribution in [0.5, 0.6) is 0 Å². The topological polar surface area (TPSA) is 62.0 Å². The molecule has 2 aliphatic heterocycles. The van der Waals surface area contributed by atoms with Gasteiger partial charge in [0.05, 0.1) is 26.4 Å². The molecule has 0 aromatic heterocycles. The van der Waals surface area contributed by atoms with Crippen LogP contribution in [0.25, 0.3) is 0 Å². The predicted octanol–water partition coefficient (Wildman–Crippen LogP) is 4.73. The summed E-state index contributed by atoms with van der Waals surface area (Å²) >= 11 is 0. The smallest absolute Gasteiger partial charge is 0.170 e. The van der Waals surface area contributed by atoms with Crippen molar-refractivity contribution in [2.75, 3.05) is 53.9 Å². The first-order valence-corrected chi connectivity index (χ1v) is 12.2. The summed E-state index contributed by atoms with van der Waals surface area (Å²) in [7, 11) is 3.58. The number of unbranched alkanes of at least 4 members (excludes halogenated alkanes) is 5. The molecule has 0 radical (unpaired) electrons. The van der Waals surface area contributed by atoms with Crippen LogP contribution in [-0.2, 0) is 28.4 Å². The van der Waals surface area contributed by atoms with Gasteiger partial charge in [0.15, 0.2) is 5.79 Å². The van der Waals surface area contributed by atoms with Crippen LogP contribution in [0.2, 0.25) is 0 Å². The second-order valence-electron chi connectivity index (χ2n) is 8.78. The van der Waals surface area contributed by atoms with Crippen molar-refractivity contribution in [2.45, 2.75) is 95.5 Å². The van der Waals surface area contributed by atoms with Crippen LogP contribution >= 0.6 is 0 Å². The van der Waals surface area contributed by atoms with Gasteiger partial charge < -0.3 is 28.4 Å². The van der Waals surface area contributed by atoms with Gasteiger partial charge in [0.2, 0.25) is 0 Å². The lowest BCUT2D eigenvalue weighted by atomic mass is 9.85. The highest BCUT2D eigenvalue weighted by molar-refractivity contribution is 4.80.